The van der Waals surface area contributed by atoms with Crippen molar-refractivity contribution in [3.63, 3.8) is 0 Å². The first kappa shape index (κ1) is 12.1. The Kier molecular flexibility index (Phi) is 3.62. The number of carbonyl (C=O) groups is 1. The summed E-state index contributed by atoms with van der Waals surface area (Å²) in [6.45, 7) is 5.94. The number of nitrogens with one attached hydrogen (secondary N) is 1. The molecule has 0 aliphatic rings. The first-order chi connectivity index (χ1) is 5.77. The first-order valence-corrected chi connectivity index (χ1v) is 5.12. The fourth-order valence-corrected chi connectivity index (χ4v) is 1.24. The normalized spacial score (nSPS) is 15.9. The van der Waals surface area contributed by atoms with Gasteiger partial charge >= 0.3 is 0 Å². The lowest BCUT2D eigenvalue weighted by atomic mass is 10.2. The van der Waals surface area contributed by atoms with Crippen LogP contribution in [0, 0.1) is 0 Å². The molecular formula is C7H13NO4S. The lowest BCUT2D eigenvalue weighted by Gasteiger charge is -2.25. The number of hydrogen-bond acceptors (Lipinski definition) is 3. The van der Waals surface area contributed by atoms with Crippen molar-refractivity contribution in [2.75, 3.05) is 0 Å². The van der Waals surface area contributed by atoms with Crippen LogP contribution in [0.15, 0.2) is 12.7 Å². The molecule has 2 N–H and O–H groups in total. The third-order valence-corrected chi connectivity index (χ3v) is 3.35. The molecule has 1 atom stereocenters. The van der Waals surface area contributed by atoms with Gasteiger partial charge in [-0.05, 0) is 19.4 Å². The molecule has 0 bridgehead atoms. The quantitative estimate of drug-likeness (QED) is 0.513. The van der Waals surface area contributed by atoms with Crippen LogP contribution in [0.5, 0.6) is 0 Å². The minimum absolute atomic E-state index is 0.0748. The van der Waals surface area contributed by atoms with Crippen molar-refractivity contribution in [1.29, 1.82) is 0 Å². The van der Waals surface area contributed by atoms with Crippen molar-refractivity contribution in [2.24, 2.45) is 0 Å². The highest BCUT2D eigenvalue weighted by atomic mass is 32.2. The molecule has 1 amide bonds. The van der Waals surface area contributed by atoms with E-state index in [9.17, 15) is 13.2 Å². The summed E-state index contributed by atoms with van der Waals surface area (Å²) in [6.07, 6.45) is 1.02. The van der Waals surface area contributed by atoms with Gasteiger partial charge in [-0.25, -0.2) is 0 Å². The summed E-state index contributed by atoms with van der Waals surface area (Å²) in [5.74, 6) is -0.637. The van der Waals surface area contributed by atoms with Crippen LogP contribution in [-0.4, -0.2) is 23.7 Å². The molecule has 0 heterocycles. The van der Waals surface area contributed by atoms with Crippen LogP contribution in [0.2, 0.25) is 0 Å². The Morgan fingerprint density at radius 1 is 1.69 bits per heavy atom. The van der Waals surface area contributed by atoms with Gasteiger partial charge in [-0.2, -0.15) is 8.42 Å². The molecular weight excluding hydrogens is 194 g/mol. The van der Waals surface area contributed by atoms with E-state index in [0.29, 0.717) is 0 Å². The van der Waals surface area contributed by atoms with Crippen LogP contribution in [0.4, 0.5) is 0 Å². The topological polar surface area (TPSA) is 83.5 Å². The third-order valence-electron chi connectivity index (χ3n) is 1.82. The van der Waals surface area contributed by atoms with Crippen molar-refractivity contribution in [2.45, 2.75) is 25.1 Å². The van der Waals surface area contributed by atoms with E-state index in [0.717, 1.165) is 6.08 Å². The zero-order valence-electron chi connectivity index (χ0n) is 7.57. The van der Waals surface area contributed by atoms with E-state index < -0.39 is 20.9 Å². The van der Waals surface area contributed by atoms with Gasteiger partial charge in [0.2, 0.25) is 5.91 Å². The smallest absolute Gasteiger partial charge is 0.288 e. The standard InChI is InChI=1S/C7H13NO4S/c1-4-6(9)8-7(3,5-2)13(10,11)12/h4H,1,5H2,2-3H3,(H,8,9)(H,10,11,12)/t7-/m0/s1. The van der Waals surface area contributed by atoms with E-state index in [1.807, 2.05) is 0 Å². The number of rotatable bonds is 4. The molecule has 0 aromatic rings. The second kappa shape index (κ2) is 3.89. The van der Waals surface area contributed by atoms with E-state index in [-0.39, 0.29) is 6.42 Å². The monoisotopic (exact) mass is 207 g/mol. The van der Waals surface area contributed by atoms with Crippen LogP contribution in [0.1, 0.15) is 20.3 Å². The Bertz CT molecular complexity index is 308. The zero-order chi connectivity index (χ0) is 10.7. The number of carbonyl (C=O) groups excluding carboxylic acids is 1. The third kappa shape index (κ3) is 2.82. The molecule has 5 nitrogen and oxygen atoms in total. The molecule has 76 valence electrons. The predicted molar refractivity (Wildman–Crippen MR) is 48.6 cm³/mol. The van der Waals surface area contributed by atoms with Crippen molar-refractivity contribution >= 4 is 16.0 Å². The van der Waals surface area contributed by atoms with E-state index in [1.165, 1.54) is 13.8 Å². The van der Waals surface area contributed by atoms with Crippen LogP contribution < -0.4 is 5.32 Å². The van der Waals surface area contributed by atoms with E-state index >= 15 is 0 Å². The summed E-state index contributed by atoms with van der Waals surface area (Å²) in [5, 5.41) is 2.14. The SMILES string of the molecule is C=CC(=O)N[C@](C)(CC)S(=O)(=O)O. The Balaban J connectivity index is 4.87. The molecule has 13 heavy (non-hydrogen) atoms. The second-order valence-electron chi connectivity index (χ2n) is 2.75. The van der Waals surface area contributed by atoms with Gasteiger partial charge in [-0.15, -0.1) is 0 Å². The maximum absolute atomic E-state index is 10.8. The van der Waals surface area contributed by atoms with Crippen LogP contribution in [-0.2, 0) is 14.9 Å². The fourth-order valence-electron chi connectivity index (χ4n) is 0.647. The predicted octanol–water partition coefficient (Wildman–Crippen LogP) is 0.303. The first-order valence-electron chi connectivity index (χ1n) is 3.68. The Hall–Kier alpha value is -0.880. The van der Waals surface area contributed by atoms with Gasteiger partial charge in [-0.1, -0.05) is 13.5 Å². The van der Waals surface area contributed by atoms with Crippen molar-refractivity contribution in [1.82, 2.24) is 5.32 Å². The lowest BCUT2D eigenvalue weighted by molar-refractivity contribution is -0.117. The second-order valence-corrected chi connectivity index (χ2v) is 4.60. The van der Waals surface area contributed by atoms with Gasteiger partial charge in [0.25, 0.3) is 10.1 Å². The average Bonchev–Trinajstić information content (AvgIpc) is 2.02. The molecule has 0 fully saturated rings. The highest BCUT2D eigenvalue weighted by Gasteiger charge is 2.36. The maximum atomic E-state index is 10.8. The summed E-state index contributed by atoms with van der Waals surface area (Å²) in [7, 11) is -4.30. The Morgan fingerprint density at radius 3 is 2.38 bits per heavy atom. The summed E-state index contributed by atoms with van der Waals surface area (Å²) in [5.41, 5.74) is 0. The summed E-state index contributed by atoms with van der Waals surface area (Å²) in [4.78, 5) is 9.19. The van der Waals surface area contributed by atoms with Gasteiger partial charge in [0.15, 0.2) is 4.87 Å². The maximum Gasteiger partial charge on any atom is 0.288 e. The van der Waals surface area contributed by atoms with Gasteiger partial charge in [0.05, 0.1) is 0 Å². The molecule has 0 aliphatic carbocycles. The van der Waals surface area contributed by atoms with Crippen LogP contribution >= 0.6 is 0 Å². The Morgan fingerprint density at radius 2 is 2.15 bits per heavy atom. The van der Waals surface area contributed by atoms with Gasteiger partial charge in [-0.3, -0.25) is 9.35 Å². The molecule has 0 aromatic carbocycles. The van der Waals surface area contributed by atoms with E-state index in [1.54, 1.807) is 0 Å². The Labute approximate surface area is 77.6 Å². The average molecular weight is 207 g/mol. The lowest BCUT2D eigenvalue weighted by Crippen LogP contribution is -2.50. The number of amides is 1. The molecule has 0 rings (SSSR count). The largest absolute Gasteiger partial charge is 0.332 e. The molecule has 0 saturated carbocycles. The van der Waals surface area contributed by atoms with Crippen molar-refractivity contribution in [3.8, 4) is 0 Å². The molecule has 0 radical (unpaired) electrons. The highest BCUT2D eigenvalue weighted by Crippen LogP contribution is 2.15. The minimum Gasteiger partial charge on any atom is -0.332 e. The molecule has 0 unspecified atom stereocenters. The summed E-state index contributed by atoms with van der Waals surface area (Å²) >= 11 is 0. The number of hydrogen-bond donors (Lipinski definition) is 2. The van der Waals surface area contributed by atoms with Crippen molar-refractivity contribution in [3.05, 3.63) is 12.7 Å². The minimum atomic E-state index is -4.30. The molecule has 0 aromatic heterocycles. The van der Waals surface area contributed by atoms with E-state index in [4.69, 9.17) is 4.55 Å². The molecule has 0 aliphatic heterocycles. The molecule has 0 spiro atoms. The fraction of sp³-hybridized carbons (Fsp3) is 0.571. The summed E-state index contributed by atoms with van der Waals surface area (Å²) in [6, 6.07) is 0. The van der Waals surface area contributed by atoms with E-state index in [2.05, 4.69) is 11.9 Å². The zero-order valence-corrected chi connectivity index (χ0v) is 8.39. The highest BCUT2D eigenvalue weighted by molar-refractivity contribution is 7.87. The summed E-state index contributed by atoms with van der Waals surface area (Å²) < 4.78 is 30.5. The molecule has 6 heteroatoms. The van der Waals surface area contributed by atoms with Crippen LogP contribution in [0.3, 0.4) is 0 Å². The van der Waals surface area contributed by atoms with Crippen molar-refractivity contribution < 1.29 is 17.8 Å². The van der Waals surface area contributed by atoms with Gasteiger partial charge in [0, 0.05) is 0 Å². The molecule has 0 saturated heterocycles. The van der Waals surface area contributed by atoms with Crippen LogP contribution in [0.25, 0.3) is 0 Å². The van der Waals surface area contributed by atoms with Gasteiger partial charge in [0.1, 0.15) is 0 Å². The van der Waals surface area contributed by atoms with Gasteiger partial charge < -0.3 is 5.32 Å².